The van der Waals surface area contributed by atoms with Gasteiger partial charge in [0, 0.05) is 38.2 Å². The molecule has 1 unspecified atom stereocenters. The fourth-order valence-electron chi connectivity index (χ4n) is 3.87. The van der Waals surface area contributed by atoms with E-state index in [2.05, 4.69) is 4.98 Å². The van der Waals surface area contributed by atoms with Crippen LogP contribution in [-0.4, -0.2) is 54.1 Å². The topological polar surface area (TPSA) is 89.0 Å². The summed E-state index contributed by atoms with van der Waals surface area (Å²) in [6, 6.07) is 8.08. The summed E-state index contributed by atoms with van der Waals surface area (Å²) in [6.45, 7) is 4.84. The van der Waals surface area contributed by atoms with Gasteiger partial charge in [0.2, 0.25) is 0 Å². The largest absolute Gasteiger partial charge is 0.507 e. The summed E-state index contributed by atoms with van der Waals surface area (Å²) in [5.41, 5.74) is 2.17. The number of nitrogens with zero attached hydrogens (tertiary/aromatic N) is 2. The van der Waals surface area contributed by atoms with E-state index in [1.54, 1.807) is 56.9 Å². The molecule has 0 radical (unpaired) electrons. The van der Waals surface area contributed by atoms with Crippen LogP contribution in [0.15, 0.2) is 48.3 Å². The molecule has 7 nitrogen and oxygen atoms in total. The van der Waals surface area contributed by atoms with Crippen LogP contribution in [0.3, 0.4) is 0 Å². The number of ketones is 1. The molecule has 1 N–H and O–H groups in total. The SMILES string of the molecule is COCCCN1C(=O)C(=O)/C(=C(\O)c2ccc(OC)c(C(C)C)c2)C1c1ccncc1. The number of rotatable bonds is 8. The van der Waals surface area contributed by atoms with Crippen molar-refractivity contribution in [1.82, 2.24) is 9.88 Å². The number of aliphatic hydroxyl groups is 1. The predicted molar refractivity (Wildman–Crippen MR) is 117 cm³/mol. The minimum Gasteiger partial charge on any atom is -0.507 e. The average molecular weight is 424 g/mol. The Morgan fingerprint density at radius 3 is 2.48 bits per heavy atom. The third-order valence-corrected chi connectivity index (χ3v) is 5.43. The van der Waals surface area contributed by atoms with Crippen molar-refractivity contribution >= 4 is 17.4 Å². The van der Waals surface area contributed by atoms with Gasteiger partial charge in [-0.1, -0.05) is 13.8 Å². The van der Waals surface area contributed by atoms with Crippen molar-refractivity contribution in [3.8, 4) is 5.75 Å². The quantitative estimate of drug-likeness (QED) is 0.301. The molecule has 1 amide bonds. The van der Waals surface area contributed by atoms with Gasteiger partial charge in [-0.05, 0) is 53.8 Å². The first-order valence-electron chi connectivity index (χ1n) is 10.3. The van der Waals surface area contributed by atoms with E-state index < -0.39 is 17.7 Å². The van der Waals surface area contributed by atoms with Gasteiger partial charge in [-0.15, -0.1) is 0 Å². The van der Waals surface area contributed by atoms with E-state index in [0.29, 0.717) is 36.4 Å². The van der Waals surface area contributed by atoms with Gasteiger partial charge in [0.25, 0.3) is 11.7 Å². The Bertz CT molecular complexity index is 985. The van der Waals surface area contributed by atoms with Crippen LogP contribution in [0.4, 0.5) is 0 Å². The molecule has 1 fully saturated rings. The standard InChI is InChI=1S/C24H28N2O5/c1-15(2)18-14-17(6-7-19(18)31-4)22(27)20-21(16-8-10-25-11-9-16)26(12-5-13-30-3)24(29)23(20)28/h6-11,14-15,21,27H,5,12-13H2,1-4H3/b22-20-. The van der Waals surface area contributed by atoms with Gasteiger partial charge in [0.1, 0.15) is 11.5 Å². The maximum atomic E-state index is 13.0. The molecule has 1 aromatic heterocycles. The molecule has 0 spiro atoms. The van der Waals surface area contributed by atoms with Crippen molar-refractivity contribution in [2.75, 3.05) is 27.4 Å². The van der Waals surface area contributed by atoms with Gasteiger partial charge >= 0.3 is 0 Å². The first kappa shape index (κ1) is 22.5. The zero-order chi connectivity index (χ0) is 22.5. The Kier molecular flexibility index (Phi) is 7.07. The highest BCUT2D eigenvalue weighted by molar-refractivity contribution is 6.46. The number of amides is 1. The zero-order valence-corrected chi connectivity index (χ0v) is 18.3. The fourth-order valence-corrected chi connectivity index (χ4v) is 3.87. The van der Waals surface area contributed by atoms with Crippen molar-refractivity contribution in [2.24, 2.45) is 0 Å². The number of hydrogen-bond donors (Lipinski definition) is 1. The molecule has 0 saturated carbocycles. The summed E-state index contributed by atoms with van der Waals surface area (Å²) >= 11 is 0. The van der Waals surface area contributed by atoms with E-state index in [4.69, 9.17) is 9.47 Å². The maximum Gasteiger partial charge on any atom is 0.295 e. The first-order valence-corrected chi connectivity index (χ1v) is 10.3. The second-order valence-electron chi connectivity index (χ2n) is 7.73. The van der Waals surface area contributed by atoms with E-state index in [1.807, 2.05) is 13.8 Å². The van der Waals surface area contributed by atoms with E-state index in [0.717, 1.165) is 5.56 Å². The molecule has 2 heterocycles. The summed E-state index contributed by atoms with van der Waals surface area (Å²) in [5.74, 6) is -0.665. The van der Waals surface area contributed by atoms with Crippen molar-refractivity contribution in [3.05, 3.63) is 65.0 Å². The number of ether oxygens (including phenoxy) is 2. The van der Waals surface area contributed by atoms with Crippen molar-refractivity contribution < 1.29 is 24.2 Å². The Balaban J connectivity index is 2.14. The highest BCUT2D eigenvalue weighted by atomic mass is 16.5. The number of likely N-dealkylation sites (tertiary alicyclic amines) is 1. The molecule has 31 heavy (non-hydrogen) atoms. The molecule has 7 heteroatoms. The third kappa shape index (κ3) is 4.46. The normalized spacial score (nSPS) is 18.1. The lowest BCUT2D eigenvalue weighted by Gasteiger charge is -2.25. The lowest BCUT2D eigenvalue weighted by molar-refractivity contribution is -0.140. The van der Waals surface area contributed by atoms with E-state index >= 15 is 0 Å². The smallest absolute Gasteiger partial charge is 0.295 e. The first-order chi connectivity index (χ1) is 14.9. The molecular formula is C24H28N2O5. The number of pyridine rings is 1. The van der Waals surface area contributed by atoms with Gasteiger partial charge in [0.15, 0.2) is 0 Å². The van der Waals surface area contributed by atoms with Crippen LogP contribution in [-0.2, 0) is 14.3 Å². The molecular weight excluding hydrogens is 396 g/mol. The number of methoxy groups -OCH3 is 2. The Morgan fingerprint density at radius 1 is 1.16 bits per heavy atom. The highest BCUT2D eigenvalue weighted by Crippen LogP contribution is 2.40. The molecule has 1 aliphatic heterocycles. The van der Waals surface area contributed by atoms with Gasteiger partial charge < -0.3 is 19.5 Å². The number of carbonyl (C=O) groups excluding carboxylic acids is 2. The van der Waals surface area contributed by atoms with Gasteiger partial charge in [0.05, 0.1) is 18.7 Å². The lowest BCUT2D eigenvalue weighted by atomic mass is 9.93. The van der Waals surface area contributed by atoms with Crippen LogP contribution in [0.1, 0.15) is 48.9 Å². The Hall–Kier alpha value is -3.19. The predicted octanol–water partition coefficient (Wildman–Crippen LogP) is 3.67. The molecule has 3 rings (SSSR count). The Morgan fingerprint density at radius 2 is 1.87 bits per heavy atom. The molecule has 0 aliphatic carbocycles. The minimum atomic E-state index is -0.696. The van der Waals surface area contributed by atoms with Gasteiger partial charge in [-0.3, -0.25) is 14.6 Å². The summed E-state index contributed by atoms with van der Waals surface area (Å²) in [7, 11) is 3.18. The number of benzene rings is 1. The van der Waals surface area contributed by atoms with Gasteiger partial charge in [-0.2, -0.15) is 0 Å². The second-order valence-corrected chi connectivity index (χ2v) is 7.73. The van der Waals surface area contributed by atoms with Crippen LogP contribution in [0.25, 0.3) is 5.76 Å². The minimum absolute atomic E-state index is 0.0773. The number of Topliss-reactive ketones (excluding diaryl/α,β-unsaturated/α-hetero) is 1. The summed E-state index contributed by atoms with van der Waals surface area (Å²) in [4.78, 5) is 31.4. The lowest BCUT2D eigenvalue weighted by Crippen LogP contribution is -2.31. The van der Waals surface area contributed by atoms with Gasteiger partial charge in [-0.25, -0.2) is 0 Å². The van der Waals surface area contributed by atoms with Crippen LogP contribution < -0.4 is 4.74 Å². The average Bonchev–Trinajstić information content (AvgIpc) is 3.03. The Labute approximate surface area is 182 Å². The third-order valence-electron chi connectivity index (χ3n) is 5.43. The van der Waals surface area contributed by atoms with Crippen LogP contribution in [0.5, 0.6) is 5.75 Å². The van der Waals surface area contributed by atoms with Crippen molar-refractivity contribution in [1.29, 1.82) is 0 Å². The number of hydrogen-bond acceptors (Lipinski definition) is 6. The molecule has 2 aromatic rings. The number of aromatic nitrogens is 1. The highest BCUT2D eigenvalue weighted by Gasteiger charge is 2.45. The van der Waals surface area contributed by atoms with Crippen LogP contribution in [0, 0.1) is 0 Å². The molecule has 1 aromatic carbocycles. The second kappa shape index (κ2) is 9.75. The molecule has 1 aliphatic rings. The molecule has 164 valence electrons. The van der Waals surface area contributed by atoms with E-state index in [1.165, 1.54) is 4.90 Å². The zero-order valence-electron chi connectivity index (χ0n) is 18.3. The van der Waals surface area contributed by atoms with E-state index in [-0.39, 0.29) is 17.3 Å². The van der Waals surface area contributed by atoms with Crippen molar-refractivity contribution in [2.45, 2.75) is 32.2 Å². The summed E-state index contributed by atoms with van der Waals surface area (Å²) in [5, 5.41) is 11.2. The van der Waals surface area contributed by atoms with Crippen molar-refractivity contribution in [3.63, 3.8) is 0 Å². The summed E-state index contributed by atoms with van der Waals surface area (Å²) < 4.78 is 10.5. The molecule has 1 saturated heterocycles. The molecule has 0 bridgehead atoms. The van der Waals surface area contributed by atoms with Crippen LogP contribution in [0.2, 0.25) is 0 Å². The summed E-state index contributed by atoms with van der Waals surface area (Å²) in [6.07, 6.45) is 3.79. The van der Waals surface area contributed by atoms with E-state index in [9.17, 15) is 14.7 Å². The van der Waals surface area contributed by atoms with Crippen LogP contribution >= 0.6 is 0 Å². The maximum absolute atomic E-state index is 13.0. The fraction of sp³-hybridized carbons (Fsp3) is 0.375. The monoisotopic (exact) mass is 424 g/mol. The number of aliphatic hydroxyl groups excluding tert-OH is 1. The number of carbonyl (C=O) groups is 2. The molecule has 1 atom stereocenters.